The van der Waals surface area contributed by atoms with Gasteiger partial charge in [-0.2, -0.15) is 0 Å². The molecule has 0 bridgehead atoms. The van der Waals surface area contributed by atoms with Gasteiger partial charge < -0.3 is 10.6 Å². The van der Waals surface area contributed by atoms with E-state index in [1.807, 2.05) is 13.8 Å². The number of rotatable bonds is 3. The molecule has 0 amide bonds. The highest BCUT2D eigenvalue weighted by Crippen LogP contribution is 2.29. The molecule has 0 aliphatic heterocycles. The van der Waals surface area contributed by atoms with E-state index in [1.54, 1.807) is 20.2 Å². The van der Waals surface area contributed by atoms with E-state index in [-0.39, 0.29) is 35.2 Å². The molecule has 0 fully saturated rings. The van der Waals surface area contributed by atoms with Crippen LogP contribution >= 0.6 is 35.6 Å². The van der Waals surface area contributed by atoms with Gasteiger partial charge in [0.25, 0.3) is 0 Å². The molecule has 0 unspecified atom stereocenters. The molecule has 0 aliphatic carbocycles. The van der Waals surface area contributed by atoms with Crippen molar-refractivity contribution in [2.75, 3.05) is 20.6 Å². The third-order valence-electron chi connectivity index (χ3n) is 2.82. The van der Waals surface area contributed by atoms with Gasteiger partial charge in [-0.1, -0.05) is 31.5 Å². The molecule has 0 atom stereocenters. The van der Waals surface area contributed by atoms with E-state index < -0.39 is 0 Å². The summed E-state index contributed by atoms with van der Waals surface area (Å²) in [7, 11) is 3.50. The quantitative estimate of drug-likeness (QED) is 0.465. The molecule has 2 N–H and O–H groups in total. The maximum Gasteiger partial charge on any atom is 0.190 e. The van der Waals surface area contributed by atoms with E-state index in [2.05, 4.69) is 15.6 Å². The number of aliphatic imine (C=N–C) groups is 1. The molecular weight excluding hydrogens is 380 g/mol. The monoisotopic (exact) mass is 399 g/mol. The van der Waals surface area contributed by atoms with Crippen LogP contribution in [0.2, 0.25) is 5.02 Å². The second-order valence-electron chi connectivity index (χ2n) is 4.68. The molecule has 1 aromatic rings. The van der Waals surface area contributed by atoms with Crippen molar-refractivity contribution < 1.29 is 4.39 Å². The number of halogens is 3. The summed E-state index contributed by atoms with van der Waals surface area (Å²) < 4.78 is 13.0. The molecule has 0 saturated carbocycles. The zero-order chi connectivity index (χ0) is 13.8. The normalized spacial score (nSPS) is 11.8. The lowest BCUT2D eigenvalue weighted by Gasteiger charge is -2.27. The fraction of sp³-hybridized carbons (Fsp3) is 0.462. The van der Waals surface area contributed by atoms with Gasteiger partial charge in [0, 0.05) is 31.1 Å². The topological polar surface area (TPSA) is 36.4 Å². The van der Waals surface area contributed by atoms with E-state index in [0.29, 0.717) is 17.5 Å². The zero-order valence-corrected chi connectivity index (χ0v) is 14.6. The molecule has 0 aliphatic rings. The highest BCUT2D eigenvalue weighted by molar-refractivity contribution is 14.0. The fourth-order valence-electron chi connectivity index (χ4n) is 1.72. The van der Waals surface area contributed by atoms with Crippen molar-refractivity contribution >= 4 is 41.5 Å². The Morgan fingerprint density at radius 1 is 1.42 bits per heavy atom. The Balaban J connectivity index is 0.00000324. The van der Waals surface area contributed by atoms with E-state index in [1.165, 1.54) is 12.1 Å². The SMILES string of the molecule is CN=C(NC)NCC(C)(C)c1ccc(F)cc1Cl.I. The molecule has 6 heteroatoms. The van der Waals surface area contributed by atoms with Crippen molar-refractivity contribution in [2.24, 2.45) is 4.99 Å². The highest BCUT2D eigenvalue weighted by Gasteiger charge is 2.23. The molecule has 0 aromatic heterocycles. The van der Waals surface area contributed by atoms with Crippen LogP contribution in [0.1, 0.15) is 19.4 Å². The van der Waals surface area contributed by atoms with Gasteiger partial charge in [0.15, 0.2) is 5.96 Å². The van der Waals surface area contributed by atoms with Gasteiger partial charge in [-0.3, -0.25) is 4.99 Å². The second-order valence-corrected chi connectivity index (χ2v) is 5.09. The summed E-state index contributed by atoms with van der Waals surface area (Å²) in [6.07, 6.45) is 0. The van der Waals surface area contributed by atoms with Crippen LogP contribution in [0.4, 0.5) is 4.39 Å². The van der Waals surface area contributed by atoms with E-state index >= 15 is 0 Å². The van der Waals surface area contributed by atoms with E-state index in [4.69, 9.17) is 11.6 Å². The predicted octanol–water partition coefficient (Wildman–Crippen LogP) is 3.17. The smallest absolute Gasteiger partial charge is 0.190 e. The van der Waals surface area contributed by atoms with Gasteiger partial charge in [-0.15, -0.1) is 24.0 Å². The lowest BCUT2D eigenvalue weighted by Crippen LogP contribution is -2.42. The Kier molecular flexibility index (Phi) is 7.66. The molecule has 0 heterocycles. The van der Waals surface area contributed by atoms with Crippen LogP contribution in [0.15, 0.2) is 23.2 Å². The van der Waals surface area contributed by atoms with Crippen LogP contribution in [-0.4, -0.2) is 26.6 Å². The standard InChI is InChI=1S/C13H19ClFN3.HI/c1-13(2,8-18-12(16-3)17-4)10-6-5-9(15)7-11(10)14;/h5-7H,8H2,1-4H3,(H2,16,17,18);1H. The molecule has 0 spiro atoms. The van der Waals surface area contributed by atoms with Gasteiger partial charge >= 0.3 is 0 Å². The van der Waals surface area contributed by atoms with Crippen molar-refractivity contribution in [3.63, 3.8) is 0 Å². The molecule has 0 radical (unpaired) electrons. The van der Waals surface area contributed by atoms with Crippen LogP contribution in [-0.2, 0) is 5.41 Å². The fourth-order valence-corrected chi connectivity index (χ4v) is 2.14. The van der Waals surface area contributed by atoms with Gasteiger partial charge in [-0.05, 0) is 17.7 Å². The van der Waals surface area contributed by atoms with Gasteiger partial charge in [0.2, 0.25) is 0 Å². The van der Waals surface area contributed by atoms with Crippen molar-refractivity contribution in [3.8, 4) is 0 Å². The Morgan fingerprint density at radius 2 is 2.05 bits per heavy atom. The number of hydrogen-bond donors (Lipinski definition) is 2. The first kappa shape index (κ1) is 18.4. The van der Waals surface area contributed by atoms with Crippen LogP contribution in [0.3, 0.4) is 0 Å². The summed E-state index contributed by atoms with van der Waals surface area (Å²) in [6, 6.07) is 4.49. The van der Waals surface area contributed by atoms with Gasteiger partial charge in [0.05, 0.1) is 0 Å². The minimum Gasteiger partial charge on any atom is -0.359 e. The Labute approximate surface area is 136 Å². The maximum absolute atomic E-state index is 13.0. The summed E-state index contributed by atoms with van der Waals surface area (Å²) in [6.45, 7) is 4.73. The number of nitrogens with one attached hydrogen (secondary N) is 2. The molecule has 108 valence electrons. The zero-order valence-electron chi connectivity index (χ0n) is 11.6. The second kappa shape index (κ2) is 7.89. The Hall–Kier alpha value is -0.560. The maximum atomic E-state index is 13.0. The average molecular weight is 400 g/mol. The molecule has 19 heavy (non-hydrogen) atoms. The summed E-state index contributed by atoms with van der Waals surface area (Å²) in [5.74, 6) is 0.389. The van der Waals surface area contributed by atoms with Crippen molar-refractivity contribution in [2.45, 2.75) is 19.3 Å². The molecule has 0 saturated heterocycles. The largest absolute Gasteiger partial charge is 0.359 e. The van der Waals surface area contributed by atoms with Crippen molar-refractivity contribution in [3.05, 3.63) is 34.6 Å². The van der Waals surface area contributed by atoms with Gasteiger partial charge in [-0.25, -0.2) is 4.39 Å². The Morgan fingerprint density at radius 3 is 2.53 bits per heavy atom. The van der Waals surface area contributed by atoms with Crippen LogP contribution in [0, 0.1) is 5.82 Å². The molecule has 1 rings (SSSR count). The summed E-state index contributed by atoms with van der Waals surface area (Å²) in [5.41, 5.74) is 0.682. The van der Waals surface area contributed by atoms with E-state index in [0.717, 1.165) is 5.56 Å². The number of nitrogens with zero attached hydrogens (tertiary/aromatic N) is 1. The number of hydrogen-bond acceptors (Lipinski definition) is 1. The van der Waals surface area contributed by atoms with Crippen LogP contribution < -0.4 is 10.6 Å². The number of guanidine groups is 1. The first-order valence-corrected chi connectivity index (χ1v) is 6.12. The number of benzene rings is 1. The lowest BCUT2D eigenvalue weighted by atomic mass is 9.84. The minimum absolute atomic E-state index is 0. The molecule has 1 aromatic carbocycles. The minimum atomic E-state index is -0.321. The van der Waals surface area contributed by atoms with Crippen molar-refractivity contribution in [1.29, 1.82) is 0 Å². The van der Waals surface area contributed by atoms with Crippen LogP contribution in [0.25, 0.3) is 0 Å². The summed E-state index contributed by atoms with van der Waals surface area (Å²) in [4.78, 5) is 4.04. The van der Waals surface area contributed by atoms with Gasteiger partial charge in [0.1, 0.15) is 5.82 Å². The first-order valence-electron chi connectivity index (χ1n) is 5.74. The molecule has 3 nitrogen and oxygen atoms in total. The average Bonchev–Trinajstić information content (AvgIpc) is 2.29. The Bertz CT molecular complexity index is 450. The first-order chi connectivity index (χ1) is 8.40. The van der Waals surface area contributed by atoms with Crippen LogP contribution in [0.5, 0.6) is 0 Å². The van der Waals surface area contributed by atoms with Crippen molar-refractivity contribution in [1.82, 2.24) is 10.6 Å². The molecular formula is C13H20ClFIN3. The third kappa shape index (κ3) is 5.14. The van der Waals surface area contributed by atoms with E-state index in [9.17, 15) is 4.39 Å². The summed E-state index contributed by atoms with van der Waals surface area (Å²) >= 11 is 6.08. The third-order valence-corrected chi connectivity index (χ3v) is 3.13. The highest BCUT2D eigenvalue weighted by atomic mass is 127. The summed E-state index contributed by atoms with van der Waals surface area (Å²) in [5, 5.41) is 6.58. The lowest BCUT2D eigenvalue weighted by molar-refractivity contribution is 0.508. The predicted molar refractivity (Wildman–Crippen MR) is 90.3 cm³/mol.